The summed E-state index contributed by atoms with van der Waals surface area (Å²) in [5, 5.41) is 8.97. The van der Waals surface area contributed by atoms with Gasteiger partial charge in [-0.1, -0.05) is 30.3 Å². The second-order valence-electron chi connectivity index (χ2n) is 6.84. The average molecular weight is 407 g/mol. The summed E-state index contributed by atoms with van der Waals surface area (Å²) in [6.45, 7) is 2.45. The maximum absolute atomic E-state index is 13.1. The van der Waals surface area contributed by atoms with Crippen LogP contribution in [-0.4, -0.2) is 26.2 Å². The van der Waals surface area contributed by atoms with Gasteiger partial charge in [0.05, 0.1) is 21.6 Å². The molecule has 4 aromatic rings. The molecular weight excluding hydrogens is 386 g/mol. The number of nitrogens with zero attached hydrogens (tertiary/aromatic N) is 3. The normalized spacial score (nSPS) is 11.1. The highest BCUT2D eigenvalue weighted by atomic mass is 32.1. The lowest BCUT2D eigenvalue weighted by atomic mass is 10.1. The van der Waals surface area contributed by atoms with Crippen molar-refractivity contribution < 1.29 is 9.59 Å². The number of fused-ring (bicyclic) bond motifs is 1. The number of primary amides is 1. The standard InChI is InChI=1S/C21H21N5O2S/c1-13-18(19(20(22)27)24-25(13)2)23-21(28)16-12-17-15(9-11-29-17)26(16)10-8-14-6-4-3-5-7-14/h3-7,9,11-12H,8,10H2,1-2H3,(H2,22,27)(H,23,28). The molecule has 2 amide bonds. The first kappa shape index (κ1) is 18.9. The molecule has 4 rings (SSSR count). The number of benzene rings is 1. The summed E-state index contributed by atoms with van der Waals surface area (Å²) in [6.07, 6.45) is 0.805. The van der Waals surface area contributed by atoms with Gasteiger partial charge in [-0.25, -0.2) is 0 Å². The van der Waals surface area contributed by atoms with Crippen LogP contribution in [0.4, 0.5) is 5.69 Å². The lowest BCUT2D eigenvalue weighted by molar-refractivity contribution is 0.0995. The van der Waals surface area contributed by atoms with Crippen LogP contribution in [0.15, 0.2) is 47.8 Å². The van der Waals surface area contributed by atoms with Gasteiger partial charge >= 0.3 is 0 Å². The van der Waals surface area contributed by atoms with Crippen molar-refractivity contribution in [2.45, 2.75) is 19.9 Å². The van der Waals surface area contributed by atoms with Gasteiger partial charge in [-0.05, 0) is 36.4 Å². The van der Waals surface area contributed by atoms with E-state index in [4.69, 9.17) is 5.73 Å². The highest BCUT2D eigenvalue weighted by Crippen LogP contribution is 2.27. The monoisotopic (exact) mass is 407 g/mol. The Labute approximate surface area is 171 Å². The fraction of sp³-hybridized carbons (Fsp3) is 0.190. The van der Waals surface area contributed by atoms with Crippen LogP contribution in [0.2, 0.25) is 0 Å². The Morgan fingerprint density at radius 2 is 1.97 bits per heavy atom. The van der Waals surface area contributed by atoms with Crippen LogP contribution in [0, 0.1) is 6.92 Å². The second kappa shape index (κ2) is 7.56. The first-order valence-electron chi connectivity index (χ1n) is 9.21. The fourth-order valence-corrected chi connectivity index (χ4v) is 4.22. The molecule has 0 aliphatic rings. The van der Waals surface area contributed by atoms with Crippen LogP contribution in [0.5, 0.6) is 0 Å². The summed E-state index contributed by atoms with van der Waals surface area (Å²) in [5.41, 5.74) is 9.27. The van der Waals surface area contributed by atoms with E-state index >= 15 is 0 Å². The molecule has 1 aromatic carbocycles. The molecule has 29 heavy (non-hydrogen) atoms. The number of amides is 2. The van der Waals surface area contributed by atoms with Crippen LogP contribution in [0.1, 0.15) is 32.2 Å². The van der Waals surface area contributed by atoms with Crippen LogP contribution in [0.25, 0.3) is 10.2 Å². The molecule has 0 fully saturated rings. The van der Waals surface area contributed by atoms with Crippen LogP contribution >= 0.6 is 11.3 Å². The van der Waals surface area contributed by atoms with E-state index in [1.165, 1.54) is 10.2 Å². The Bertz CT molecular complexity index is 1200. The highest BCUT2D eigenvalue weighted by molar-refractivity contribution is 7.17. The smallest absolute Gasteiger partial charge is 0.272 e. The number of aryl methyl sites for hydroxylation is 3. The minimum atomic E-state index is -0.676. The maximum Gasteiger partial charge on any atom is 0.272 e. The molecular formula is C21H21N5O2S. The van der Waals surface area contributed by atoms with E-state index < -0.39 is 5.91 Å². The van der Waals surface area contributed by atoms with E-state index in [-0.39, 0.29) is 11.6 Å². The lowest BCUT2D eigenvalue weighted by Gasteiger charge is -2.11. The van der Waals surface area contributed by atoms with Gasteiger partial charge in [0.2, 0.25) is 0 Å². The number of hydrogen-bond acceptors (Lipinski definition) is 4. The summed E-state index contributed by atoms with van der Waals surface area (Å²) in [7, 11) is 1.70. The van der Waals surface area contributed by atoms with Gasteiger partial charge in [0.15, 0.2) is 5.69 Å². The molecule has 3 aromatic heterocycles. The Hall–Kier alpha value is -3.39. The maximum atomic E-state index is 13.1. The Morgan fingerprint density at radius 1 is 1.21 bits per heavy atom. The molecule has 0 unspecified atom stereocenters. The Kier molecular flexibility index (Phi) is 4.94. The Balaban J connectivity index is 1.66. The van der Waals surface area contributed by atoms with Crippen LogP contribution in [-0.2, 0) is 20.0 Å². The molecule has 0 aliphatic heterocycles. The zero-order valence-corrected chi connectivity index (χ0v) is 17.0. The van der Waals surface area contributed by atoms with E-state index in [2.05, 4.69) is 22.5 Å². The molecule has 8 heteroatoms. The molecule has 148 valence electrons. The van der Waals surface area contributed by atoms with Gasteiger partial charge in [0.1, 0.15) is 5.69 Å². The SMILES string of the molecule is Cc1c(NC(=O)c2cc3sccc3n2CCc2ccccc2)c(C(N)=O)nn1C. The third-order valence-electron chi connectivity index (χ3n) is 5.03. The summed E-state index contributed by atoms with van der Waals surface area (Å²) in [5.74, 6) is -0.968. The summed E-state index contributed by atoms with van der Waals surface area (Å²) in [4.78, 5) is 24.9. The van der Waals surface area contributed by atoms with Gasteiger partial charge in [-0.15, -0.1) is 11.3 Å². The van der Waals surface area contributed by atoms with Crippen LogP contribution in [0.3, 0.4) is 0 Å². The number of nitrogens with two attached hydrogens (primary N) is 1. The molecule has 0 bridgehead atoms. The number of hydrogen-bond donors (Lipinski definition) is 2. The number of rotatable bonds is 6. The fourth-order valence-electron chi connectivity index (χ4n) is 3.40. The first-order valence-corrected chi connectivity index (χ1v) is 10.1. The predicted molar refractivity (Wildman–Crippen MR) is 114 cm³/mol. The summed E-state index contributed by atoms with van der Waals surface area (Å²) < 4.78 is 4.59. The van der Waals surface area contributed by atoms with Gasteiger partial charge in [-0.3, -0.25) is 14.3 Å². The van der Waals surface area contributed by atoms with Crippen molar-refractivity contribution in [3.05, 3.63) is 70.5 Å². The van der Waals surface area contributed by atoms with E-state index in [0.29, 0.717) is 23.6 Å². The highest BCUT2D eigenvalue weighted by Gasteiger charge is 2.22. The Morgan fingerprint density at radius 3 is 2.69 bits per heavy atom. The van der Waals surface area contributed by atoms with Crippen LogP contribution < -0.4 is 11.1 Å². The largest absolute Gasteiger partial charge is 0.364 e. The predicted octanol–water partition coefficient (Wildman–Crippen LogP) is 3.34. The van der Waals surface area contributed by atoms with E-state index in [9.17, 15) is 9.59 Å². The number of carbonyl (C=O) groups excluding carboxylic acids is 2. The number of anilines is 1. The van der Waals surface area contributed by atoms with E-state index in [1.54, 1.807) is 25.3 Å². The van der Waals surface area contributed by atoms with E-state index in [1.807, 2.05) is 40.3 Å². The van der Waals surface area contributed by atoms with Gasteiger partial charge in [-0.2, -0.15) is 5.10 Å². The molecule has 3 heterocycles. The van der Waals surface area contributed by atoms with Crippen molar-refractivity contribution in [1.29, 1.82) is 0 Å². The van der Waals surface area contributed by atoms with Crippen molar-refractivity contribution in [3.63, 3.8) is 0 Å². The zero-order chi connectivity index (χ0) is 20.5. The van der Waals surface area contributed by atoms with Gasteiger partial charge in [0.25, 0.3) is 11.8 Å². The van der Waals surface area contributed by atoms with Crippen molar-refractivity contribution in [2.75, 3.05) is 5.32 Å². The first-order chi connectivity index (χ1) is 14.0. The van der Waals surface area contributed by atoms with Crippen molar-refractivity contribution >= 4 is 39.1 Å². The summed E-state index contributed by atoms with van der Waals surface area (Å²) >= 11 is 1.59. The lowest BCUT2D eigenvalue weighted by Crippen LogP contribution is -2.21. The topological polar surface area (TPSA) is 94.9 Å². The average Bonchev–Trinajstić information content (AvgIpc) is 3.37. The van der Waals surface area contributed by atoms with Gasteiger partial charge < -0.3 is 15.6 Å². The number of aromatic nitrogens is 3. The zero-order valence-electron chi connectivity index (χ0n) is 16.2. The molecule has 0 atom stereocenters. The molecule has 0 radical (unpaired) electrons. The second-order valence-corrected chi connectivity index (χ2v) is 7.79. The van der Waals surface area contributed by atoms with Crippen molar-refractivity contribution in [1.82, 2.24) is 14.3 Å². The third-order valence-corrected chi connectivity index (χ3v) is 5.88. The number of carbonyl (C=O) groups is 2. The minimum Gasteiger partial charge on any atom is -0.364 e. The molecule has 3 N–H and O–H groups in total. The summed E-state index contributed by atoms with van der Waals surface area (Å²) in [6, 6.07) is 14.1. The van der Waals surface area contributed by atoms with E-state index in [0.717, 1.165) is 16.6 Å². The third kappa shape index (κ3) is 3.54. The molecule has 0 spiro atoms. The van der Waals surface area contributed by atoms with Crippen molar-refractivity contribution in [2.24, 2.45) is 12.8 Å². The number of thiophene rings is 1. The quantitative estimate of drug-likeness (QED) is 0.513. The van der Waals surface area contributed by atoms with Gasteiger partial charge in [0, 0.05) is 13.6 Å². The minimum absolute atomic E-state index is 0.0579. The van der Waals surface area contributed by atoms with Crippen molar-refractivity contribution in [3.8, 4) is 0 Å². The molecule has 7 nitrogen and oxygen atoms in total. The molecule has 0 saturated heterocycles. The number of nitrogens with one attached hydrogen (secondary N) is 1. The molecule has 0 aliphatic carbocycles. The molecule has 0 saturated carbocycles.